The number of carbonyl (C=O) groups is 1. The Balaban J connectivity index is 0.000000198. The summed E-state index contributed by atoms with van der Waals surface area (Å²) in [5.74, 6) is 3.39. The second-order valence-corrected chi connectivity index (χ2v) is 12.7. The van der Waals surface area contributed by atoms with E-state index >= 15 is 0 Å². The summed E-state index contributed by atoms with van der Waals surface area (Å²) in [5.41, 5.74) is 4.28. The van der Waals surface area contributed by atoms with Crippen LogP contribution < -0.4 is 14.8 Å². The molecule has 0 radical (unpaired) electrons. The van der Waals surface area contributed by atoms with Gasteiger partial charge in [-0.1, -0.05) is 12.1 Å². The van der Waals surface area contributed by atoms with Gasteiger partial charge >= 0.3 is 6.09 Å². The van der Waals surface area contributed by atoms with Crippen LogP contribution in [0.5, 0.6) is 11.5 Å². The Bertz CT molecular complexity index is 1190. The molecule has 232 valence electrons. The van der Waals surface area contributed by atoms with E-state index in [-0.39, 0.29) is 30.7 Å². The minimum Gasteiger partial charge on any atom is -0.493 e. The minimum atomic E-state index is -0.500. The van der Waals surface area contributed by atoms with Crippen LogP contribution in [0.3, 0.4) is 0 Å². The number of hydrogen-bond donors (Lipinski definition) is 1. The number of hydrogen-bond acceptors (Lipinski definition) is 7. The summed E-state index contributed by atoms with van der Waals surface area (Å²) in [6, 6.07) is 12.4. The van der Waals surface area contributed by atoms with Gasteiger partial charge in [-0.2, -0.15) is 0 Å². The zero-order chi connectivity index (χ0) is 29.0. The molecule has 0 spiro atoms. The van der Waals surface area contributed by atoms with Crippen LogP contribution >= 0.6 is 12.4 Å². The molecule has 9 heteroatoms. The van der Waals surface area contributed by atoms with Crippen molar-refractivity contribution in [3.8, 4) is 11.5 Å². The fourth-order valence-corrected chi connectivity index (χ4v) is 5.12. The molecule has 6 rings (SSSR count). The fourth-order valence-electron chi connectivity index (χ4n) is 5.12. The standard InChI is InChI=1S/C19H27NO4.C14H19NO2.ClH/c1-19(2,3)24-18(21)20-10-14-7-8-15(23-12-13-5-6-13)9-16(14)17(11-20)22-4;1-16-14-8-15-7-11-4-5-12(6-13(11)14)17-9-10-2-3-10;/h7-9,13,17H,5-6,10-12H2,1-4H3;4-6,10,14-15H,2-3,7-9H2,1H3;1H. The third-order valence-electron chi connectivity index (χ3n) is 7.91. The van der Waals surface area contributed by atoms with Gasteiger partial charge in [-0.05, 0) is 105 Å². The Morgan fingerprint density at radius 1 is 0.857 bits per heavy atom. The molecular weight excluding hydrogens is 556 g/mol. The topological polar surface area (TPSA) is 78.5 Å². The van der Waals surface area contributed by atoms with E-state index < -0.39 is 5.60 Å². The Labute approximate surface area is 256 Å². The molecule has 2 aromatic carbocycles. The van der Waals surface area contributed by atoms with Crippen molar-refractivity contribution in [3.63, 3.8) is 0 Å². The van der Waals surface area contributed by atoms with Gasteiger partial charge in [0.1, 0.15) is 23.2 Å². The summed E-state index contributed by atoms with van der Waals surface area (Å²) in [6.45, 7) is 10.1. The molecule has 0 saturated heterocycles. The van der Waals surface area contributed by atoms with E-state index in [4.69, 9.17) is 23.7 Å². The molecule has 2 fully saturated rings. The molecule has 42 heavy (non-hydrogen) atoms. The van der Waals surface area contributed by atoms with Crippen LogP contribution in [-0.4, -0.2) is 57.1 Å². The molecule has 2 aliphatic heterocycles. The van der Waals surface area contributed by atoms with E-state index in [0.29, 0.717) is 13.1 Å². The van der Waals surface area contributed by atoms with Crippen LogP contribution in [0.2, 0.25) is 0 Å². The summed E-state index contributed by atoms with van der Waals surface area (Å²) < 4.78 is 28.3. The second-order valence-electron chi connectivity index (χ2n) is 12.7. The third-order valence-corrected chi connectivity index (χ3v) is 7.91. The predicted molar refractivity (Wildman–Crippen MR) is 164 cm³/mol. The van der Waals surface area contributed by atoms with Gasteiger partial charge in [0.25, 0.3) is 0 Å². The first-order valence-corrected chi connectivity index (χ1v) is 15.0. The number of amides is 1. The number of nitrogens with one attached hydrogen (secondary N) is 1. The highest BCUT2D eigenvalue weighted by molar-refractivity contribution is 5.85. The van der Waals surface area contributed by atoms with Crippen LogP contribution in [0.25, 0.3) is 0 Å². The highest BCUT2D eigenvalue weighted by atomic mass is 35.5. The summed E-state index contributed by atoms with van der Waals surface area (Å²) in [7, 11) is 3.43. The van der Waals surface area contributed by atoms with Crippen molar-refractivity contribution in [3.05, 3.63) is 58.7 Å². The van der Waals surface area contributed by atoms with Crippen LogP contribution in [-0.2, 0) is 27.3 Å². The summed E-state index contributed by atoms with van der Waals surface area (Å²) >= 11 is 0. The van der Waals surface area contributed by atoms with Crippen LogP contribution in [0.4, 0.5) is 4.79 Å². The van der Waals surface area contributed by atoms with E-state index in [1.807, 2.05) is 32.9 Å². The van der Waals surface area contributed by atoms with Crippen LogP contribution in [0.1, 0.15) is 80.9 Å². The van der Waals surface area contributed by atoms with Crippen LogP contribution in [0, 0.1) is 11.8 Å². The lowest BCUT2D eigenvalue weighted by molar-refractivity contribution is 0.0000781. The zero-order valence-electron chi connectivity index (χ0n) is 25.6. The highest BCUT2D eigenvalue weighted by Crippen LogP contribution is 2.35. The largest absolute Gasteiger partial charge is 0.493 e. The first-order chi connectivity index (χ1) is 19.7. The zero-order valence-corrected chi connectivity index (χ0v) is 26.5. The number of nitrogens with zero attached hydrogens (tertiary/aromatic N) is 1. The molecule has 2 atom stereocenters. The maximum Gasteiger partial charge on any atom is 0.410 e. The average molecular weight is 603 g/mol. The molecule has 2 saturated carbocycles. The Morgan fingerprint density at radius 3 is 1.93 bits per heavy atom. The van der Waals surface area contributed by atoms with Crippen molar-refractivity contribution in [1.29, 1.82) is 0 Å². The lowest BCUT2D eigenvalue weighted by Gasteiger charge is -2.35. The molecular formula is C33H47ClN2O6. The molecule has 2 aliphatic carbocycles. The highest BCUT2D eigenvalue weighted by Gasteiger charge is 2.32. The molecule has 2 unspecified atom stereocenters. The average Bonchev–Trinajstić information content (AvgIpc) is 3.89. The molecule has 1 amide bonds. The molecule has 2 aromatic rings. The van der Waals surface area contributed by atoms with Gasteiger partial charge in [0.05, 0.1) is 25.9 Å². The van der Waals surface area contributed by atoms with E-state index in [2.05, 4.69) is 29.6 Å². The van der Waals surface area contributed by atoms with E-state index in [1.165, 1.54) is 36.8 Å². The van der Waals surface area contributed by atoms with Crippen molar-refractivity contribution >= 4 is 18.5 Å². The molecule has 1 N–H and O–H groups in total. The van der Waals surface area contributed by atoms with Gasteiger partial charge in [-0.25, -0.2) is 4.79 Å². The van der Waals surface area contributed by atoms with Gasteiger partial charge in [0.2, 0.25) is 0 Å². The Kier molecular flexibility index (Phi) is 11.0. The first-order valence-electron chi connectivity index (χ1n) is 15.0. The van der Waals surface area contributed by atoms with Crippen molar-refractivity contribution in [2.75, 3.05) is 40.5 Å². The number of halogens is 1. The number of rotatable bonds is 8. The van der Waals surface area contributed by atoms with Crippen molar-refractivity contribution in [1.82, 2.24) is 10.2 Å². The van der Waals surface area contributed by atoms with Crippen LogP contribution in [0.15, 0.2) is 36.4 Å². The van der Waals surface area contributed by atoms with Gasteiger partial charge in [0.15, 0.2) is 0 Å². The van der Waals surface area contributed by atoms with Gasteiger partial charge < -0.3 is 33.9 Å². The van der Waals surface area contributed by atoms with Crippen molar-refractivity contribution in [2.24, 2.45) is 11.8 Å². The summed E-state index contributed by atoms with van der Waals surface area (Å²) in [4.78, 5) is 14.1. The van der Waals surface area contributed by atoms with E-state index in [0.717, 1.165) is 60.8 Å². The molecule has 8 nitrogen and oxygen atoms in total. The number of ether oxygens (including phenoxy) is 5. The summed E-state index contributed by atoms with van der Waals surface area (Å²) in [5, 5.41) is 3.36. The lowest BCUT2D eigenvalue weighted by atomic mass is 9.97. The first kappa shape index (κ1) is 32.4. The molecule has 4 aliphatic rings. The van der Waals surface area contributed by atoms with E-state index in [1.54, 1.807) is 19.1 Å². The van der Waals surface area contributed by atoms with Gasteiger partial charge in [-0.3, -0.25) is 0 Å². The fraction of sp³-hybridized carbons (Fsp3) is 0.606. The monoisotopic (exact) mass is 602 g/mol. The van der Waals surface area contributed by atoms with E-state index in [9.17, 15) is 4.79 Å². The third kappa shape index (κ3) is 8.99. The maximum absolute atomic E-state index is 12.4. The number of carbonyl (C=O) groups excluding carboxylic acids is 1. The molecule has 0 bridgehead atoms. The SMILES string of the molecule is COC1CN(C(=O)OC(C)(C)C)Cc2ccc(OCC3CC3)cc21.COC1CNCc2ccc(OCC3CC3)cc21.Cl. The number of methoxy groups -OCH3 is 2. The van der Waals surface area contributed by atoms with Gasteiger partial charge in [-0.15, -0.1) is 12.4 Å². The number of benzene rings is 2. The minimum absolute atomic E-state index is 0. The lowest BCUT2D eigenvalue weighted by Crippen LogP contribution is -2.41. The van der Waals surface area contributed by atoms with Crippen molar-refractivity contribution < 1.29 is 28.5 Å². The molecule has 2 heterocycles. The second kappa shape index (κ2) is 14.3. The Hall–Kier alpha value is -2.52. The Morgan fingerprint density at radius 2 is 1.40 bits per heavy atom. The quantitative estimate of drug-likeness (QED) is 0.365. The normalized spacial score (nSPS) is 21.1. The number of fused-ring (bicyclic) bond motifs is 2. The van der Waals surface area contributed by atoms with Gasteiger partial charge in [0, 0.05) is 33.9 Å². The molecule has 0 aromatic heterocycles. The predicted octanol–water partition coefficient (Wildman–Crippen LogP) is 6.60. The maximum atomic E-state index is 12.4. The smallest absolute Gasteiger partial charge is 0.410 e. The summed E-state index contributed by atoms with van der Waals surface area (Å²) in [6.07, 6.45) is 4.90. The van der Waals surface area contributed by atoms with Crippen molar-refractivity contribution in [2.45, 2.75) is 77.4 Å².